The maximum atomic E-state index is 13.8. The minimum Gasteiger partial charge on any atom is -0.618 e. The number of piperazine rings is 1. The third-order valence-electron chi connectivity index (χ3n) is 7.69. The van der Waals surface area contributed by atoms with Crippen LogP contribution in [0.1, 0.15) is 16.2 Å². The molecule has 2 fully saturated rings. The highest BCUT2D eigenvalue weighted by molar-refractivity contribution is 7.91. The summed E-state index contributed by atoms with van der Waals surface area (Å²) in [6.45, 7) is 0.408. The minimum absolute atomic E-state index is 0.0652. The van der Waals surface area contributed by atoms with Crippen LogP contribution in [0.5, 0.6) is 0 Å². The SMILES string of the molecule is C#Cc1ccc2cc(S(=O)(=O)N3CCN(C(=O)c4ncc(-c5cccc[n+]5[O-])cn4)C(CS(=O)(=O)N4CCOCC4)C3)sc2c1. The van der Waals surface area contributed by atoms with Crippen LogP contribution in [0.2, 0.25) is 0 Å². The number of morpholine rings is 1. The minimum atomic E-state index is -4.04. The fraction of sp³-hybridized carbons (Fsp3) is 0.310. The van der Waals surface area contributed by atoms with E-state index in [1.165, 1.54) is 32.1 Å². The van der Waals surface area contributed by atoms with E-state index in [1.807, 2.05) is 0 Å². The average Bonchev–Trinajstić information content (AvgIpc) is 3.50. The van der Waals surface area contributed by atoms with Crippen molar-refractivity contribution in [2.45, 2.75) is 10.3 Å². The van der Waals surface area contributed by atoms with Crippen LogP contribution in [0, 0.1) is 17.6 Å². The molecule has 16 heteroatoms. The molecule has 2 aliphatic rings. The van der Waals surface area contributed by atoms with Crippen molar-refractivity contribution in [2.24, 2.45) is 0 Å². The van der Waals surface area contributed by atoms with E-state index >= 15 is 0 Å². The van der Waals surface area contributed by atoms with Gasteiger partial charge in [-0.25, -0.2) is 26.8 Å². The van der Waals surface area contributed by atoms with Crippen molar-refractivity contribution in [2.75, 3.05) is 51.7 Å². The highest BCUT2D eigenvalue weighted by atomic mass is 32.2. The van der Waals surface area contributed by atoms with E-state index in [-0.39, 0.29) is 56.0 Å². The van der Waals surface area contributed by atoms with Crippen LogP contribution in [0.15, 0.2) is 65.3 Å². The summed E-state index contributed by atoms with van der Waals surface area (Å²) in [5.41, 5.74) is 1.31. The Morgan fingerprint density at radius 2 is 1.80 bits per heavy atom. The van der Waals surface area contributed by atoms with Crippen molar-refractivity contribution in [3.05, 3.63) is 77.7 Å². The summed E-state index contributed by atoms with van der Waals surface area (Å²) < 4.78 is 63.9. The predicted molar refractivity (Wildman–Crippen MR) is 166 cm³/mol. The first kappa shape index (κ1) is 31.0. The van der Waals surface area contributed by atoms with Gasteiger partial charge in [0.05, 0.1) is 30.6 Å². The lowest BCUT2D eigenvalue weighted by Gasteiger charge is -2.41. The highest BCUT2D eigenvalue weighted by Gasteiger charge is 2.41. The average molecular weight is 669 g/mol. The van der Waals surface area contributed by atoms with Crippen molar-refractivity contribution >= 4 is 47.4 Å². The number of carbonyl (C=O) groups excluding carboxylic acids is 1. The van der Waals surface area contributed by atoms with E-state index in [9.17, 15) is 26.8 Å². The Balaban J connectivity index is 1.29. The lowest BCUT2D eigenvalue weighted by Crippen LogP contribution is -2.59. The Hall–Kier alpha value is -3.98. The van der Waals surface area contributed by atoms with E-state index in [0.717, 1.165) is 16.7 Å². The normalized spacial score (nSPS) is 18.6. The lowest BCUT2D eigenvalue weighted by molar-refractivity contribution is -0.593. The quantitative estimate of drug-likeness (QED) is 0.160. The summed E-state index contributed by atoms with van der Waals surface area (Å²) in [6.07, 6.45) is 9.52. The van der Waals surface area contributed by atoms with Crippen molar-refractivity contribution in [1.82, 2.24) is 23.5 Å². The van der Waals surface area contributed by atoms with Crippen LogP contribution < -0.4 is 4.73 Å². The number of pyridine rings is 1. The molecular weight excluding hydrogens is 641 g/mol. The number of hydrogen-bond acceptors (Lipinski definition) is 10. The number of rotatable bonds is 7. The van der Waals surface area contributed by atoms with Crippen LogP contribution in [-0.2, 0) is 24.8 Å². The summed E-state index contributed by atoms with van der Waals surface area (Å²) in [7, 11) is -7.94. The van der Waals surface area contributed by atoms with Crippen molar-refractivity contribution < 1.29 is 31.1 Å². The molecule has 1 amide bonds. The number of hydrogen-bond donors (Lipinski definition) is 0. The number of benzene rings is 1. The molecular formula is C29H28N6O7S3. The van der Waals surface area contributed by atoms with Gasteiger partial charge in [-0.1, -0.05) is 12.0 Å². The first-order valence-electron chi connectivity index (χ1n) is 13.9. The fourth-order valence-corrected chi connectivity index (χ4v) is 10.1. The molecule has 0 radical (unpaired) electrons. The largest absolute Gasteiger partial charge is 0.618 e. The van der Waals surface area contributed by atoms with Crippen molar-refractivity contribution in [1.29, 1.82) is 0 Å². The third kappa shape index (κ3) is 6.27. The molecule has 1 unspecified atom stereocenters. The van der Waals surface area contributed by atoms with Gasteiger partial charge in [0, 0.05) is 67.5 Å². The molecule has 234 valence electrons. The van der Waals surface area contributed by atoms with Crippen LogP contribution >= 0.6 is 11.3 Å². The van der Waals surface area contributed by atoms with Crippen LogP contribution in [-0.4, -0.2) is 104 Å². The van der Waals surface area contributed by atoms with Crippen LogP contribution in [0.25, 0.3) is 21.3 Å². The third-order valence-corrected chi connectivity index (χ3v) is 13.1. The van der Waals surface area contributed by atoms with Gasteiger partial charge < -0.3 is 14.8 Å². The molecule has 1 aromatic carbocycles. The summed E-state index contributed by atoms with van der Waals surface area (Å²) in [5, 5.41) is 12.9. The molecule has 3 aromatic heterocycles. The highest BCUT2D eigenvalue weighted by Crippen LogP contribution is 2.33. The number of ether oxygens (including phenoxy) is 1. The van der Waals surface area contributed by atoms with E-state index in [0.29, 0.717) is 26.3 Å². The number of nitrogens with zero attached hydrogens (tertiary/aromatic N) is 6. The molecule has 0 bridgehead atoms. The molecule has 1 atom stereocenters. The zero-order chi connectivity index (χ0) is 31.8. The summed E-state index contributed by atoms with van der Waals surface area (Å²) in [4.78, 5) is 23.4. The molecule has 45 heavy (non-hydrogen) atoms. The predicted octanol–water partition coefficient (Wildman–Crippen LogP) is 1.15. The van der Waals surface area contributed by atoms with E-state index in [4.69, 9.17) is 11.2 Å². The van der Waals surface area contributed by atoms with Gasteiger partial charge in [-0.15, -0.1) is 17.8 Å². The topological polar surface area (TPSA) is 157 Å². The smallest absolute Gasteiger partial charge is 0.292 e. The molecule has 13 nitrogen and oxygen atoms in total. The second-order valence-corrected chi connectivity index (χ2v) is 15.7. The van der Waals surface area contributed by atoms with Crippen molar-refractivity contribution in [3.8, 4) is 23.6 Å². The summed E-state index contributed by atoms with van der Waals surface area (Å²) in [6, 6.07) is 10.6. The molecule has 2 aliphatic heterocycles. The van der Waals surface area contributed by atoms with Gasteiger partial charge in [-0.2, -0.15) is 13.3 Å². The molecule has 0 N–H and O–H groups in total. The zero-order valence-electron chi connectivity index (χ0n) is 23.9. The fourth-order valence-electron chi connectivity index (χ4n) is 5.33. The monoisotopic (exact) mass is 668 g/mol. The number of carbonyl (C=O) groups is 1. The van der Waals surface area contributed by atoms with Crippen LogP contribution in [0.4, 0.5) is 0 Å². The Morgan fingerprint density at radius 1 is 1.04 bits per heavy atom. The standard InChI is InChI=1S/C29H28N6O7S3/c1-2-21-6-7-22-16-27(43-26(22)15-21)45(40,41)33-9-10-34(24(19-33)20-44(38,39)32-11-13-42-14-12-32)29(36)28-30-17-23(18-31-28)25-5-3-4-8-35(25)37/h1,3-8,15-18,24H,9-14,19-20H2. The molecule has 5 heterocycles. The van der Waals surface area contributed by atoms with E-state index in [2.05, 4.69) is 15.9 Å². The molecule has 4 aromatic rings. The number of fused-ring (bicyclic) bond motifs is 1. The summed E-state index contributed by atoms with van der Waals surface area (Å²) >= 11 is 1.08. The zero-order valence-corrected chi connectivity index (χ0v) is 26.3. The molecule has 6 rings (SSSR count). The first-order valence-corrected chi connectivity index (χ1v) is 17.8. The van der Waals surface area contributed by atoms with Gasteiger partial charge in [0.1, 0.15) is 4.21 Å². The Bertz CT molecular complexity index is 2000. The summed E-state index contributed by atoms with van der Waals surface area (Å²) in [5.74, 6) is 1.20. The molecule has 2 saturated heterocycles. The van der Waals surface area contributed by atoms with E-state index in [1.54, 1.807) is 42.5 Å². The second-order valence-electron chi connectivity index (χ2n) is 10.5. The number of aromatic nitrogens is 3. The number of sulfonamides is 2. The van der Waals surface area contributed by atoms with Gasteiger partial charge in [0.15, 0.2) is 6.20 Å². The van der Waals surface area contributed by atoms with Gasteiger partial charge in [-0.05, 0) is 29.7 Å². The number of amides is 1. The van der Waals surface area contributed by atoms with Crippen molar-refractivity contribution in [3.63, 3.8) is 0 Å². The second kappa shape index (κ2) is 12.4. The number of terminal acetylenes is 1. The Kier molecular flexibility index (Phi) is 8.57. The Morgan fingerprint density at radius 3 is 2.51 bits per heavy atom. The van der Waals surface area contributed by atoms with Gasteiger partial charge >= 0.3 is 0 Å². The maximum absolute atomic E-state index is 13.8. The molecule has 0 aliphatic carbocycles. The maximum Gasteiger partial charge on any atom is 0.292 e. The first-order chi connectivity index (χ1) is 21.6. The van der Waals surface area contributed by atoms with E-state index < -0.39 is 37.7 Å². The lowest BCUT2D eigenvalue weighted by atomic mass is 10.2. The molecule has 0 saturated carbocycles. The van der Waals surface area contributed by atoms with Gasteiger partial charge in [0.25, 0.3) is 15.9 Å². The Labute approximate surface area is 264 Å². The van der Waals surface area contributed by atoms with Gasteiger partial charge in [0.2, 0.25) is 21.5 Å². The van der Waals surface area contributed by atoms with Crippen LogP contribution in [0.3, 0.4) is 0 Å². The van der Waals surface area contributed by atoms with Gasteiger partial charge in [-0.3, -0.25) is 4.79 Å². The molecule has 0 spiro atoms. The number of thiophene rings is 1.